The number of anilines is 1. The predicted octanol–water partition coefficient (Wildman–Crippen LogP) is 3.69. The van der Waals surface area contributed by atoms with E-state index in [-0.39, 0.29) is 5.75 Å². The SMILES string of the molecule is CCS(=O)(=O)c1ccccc1NCCCCCCCl. The lowest BCUT2D eigenvalue weighted by atomic mass is 10.2. The molecule has 0 spiro atoms. The zero-order valence-electron chi connectivity index (χ0n) is 11.4. The highest BCUT2D eigenvalue weighted by Gasteiger charge is 2.15. The summed E-state index contributed by atoms with van der Waals surface area (Å²) >= 11 is 5.61. The molecule has 0 atom stereocenters. The van der Waals surface area contributed by atoms with Crippen LogP contribution in [0.15, 0.2) is 29.2 Å². The lowest BCUT2D eigenvalue weighted by molar-refractivity contribution is 0.597. The number of hydrogen-bond donors (Lipinski definition) is 1. The summed E-state index contributed by atoms with van der Waals surface area (Å²) in [6, 6.07) is 7.09. The average Bonchev–Trinajstić information content (AvgIpc) is 2.43. The Balaban J connectivity index is 2.55. The van der Waals surface area contributed by atoms with Gasteiger partial charge in [0.25, 0.3) is 0 Å². The summed E-state index contributed by atoms with van der Waals surface area (Å²) in [5.41, 5.74) is 0.710. The van der Waals surface area contributed by atoms with E-state index in [2.05, 4.69) is 5.32 Å². The minimum absolute atomic E-state index is 0.126. The first kappa shape index (κ1) is 16.3. The van der Waals surface area contributed by atoms with Crippen molar-refractivity contribution in [2.24, 2.45) is 0 Å². The van der Waals surface area contributed by atoms with Crippen molar-refractivity contribution in [3.8, 4) is 0 Å². The summed E-state index contributed by atoms with van der Waals surface area (Å²) in [6.07, 6.45) is 4.31. The molecular weight excluding hydrogens is 282 g/mol. The first-order chi connectivity index (χ1) is 9.11. The van der Waals surface area contributed by atoms with Crippen molar-refractivity contribution >= 4 is 27.1 Å². The van der Waals surface area contributed by atoms with Crippen LogP contribution in [0.5, 0.6) is 0 Å². The summed E-state index contributed by atoms with van der Waals surface area (Å²) < 4.78 is 23.9. The van der Waals surface area contributed by atoms with Gasteiger partial charge in [-0.15, -0.1) is 11.6 Å². The Kier molecular flexibility index (Phi) is 7.24. The number of benzene rings is 1. The number of halogens is 1. The molecule has 108 valence electrons. The van der Waals surface area contributed by atoms with Crippen molar-refractivity contribution in [3.05, 3.63) is 24.3 Å². The zero-order chi connectivity index (χ0) is 14.1. The van der Waals surface area contributed by atoms with Crippen molar-refractivity contribution < 1.29 is 8.42 Å². The number of rotatable bonds is 9. The summed E-state index contributed by atoms with van der Waals surface area (Å²) in [6.45, 7) is 2.46. The Bertz CT molecular complexity index is 474. The molecule has 0 aliphatic carbocycles. The fraction of sp³-hybridized carbons (Fsp3) is 0.571. The Morgan fingerprint density at radius 2 is 1.79 bits per heavy atom. The summed E-state index contributed by atoms with van der Waals surface area (Å²) in [5.74, 6) is 0.840. The van der Waals surface area contributed by atoms with Crippen LogP contribution in [0.4, 0.5) is 5.69 Å². The van der Waals surface area contributed by atoms with E-state index in [4.69, 9.17) is 11.6 Å². The molecule has 1 aromatic rings. The van der Waals surface area contributed by atoms with Gasteiger partial charge in [-0.05, 0) is 25.0 Å². The van der Waals surface area contributed by atoms with Crippen molar-refractivity contribution in [1.82, 2.24) is 0 Å². The fourth-order valence-corrected chi connectivity index (χ4v) is 3.10. The van der Waals surface area contributed by atoms with E-state index in [9.17, 15) is 8.42 Å². The van der Waals surface area contributed by atoms with Crippen LogP contribution in [0.3, 0.4) is 0 Å². The highest BCUT2D eigenvalue weighted by atomic mass is 35.5. The third-order valence-electron chi connectivity index (χ3n) is 2.98. The van der Waals surface area contributed by atoms with Crippen LogP contribution in [-0.2, 0) is 9.84 Å². The molecule has 1 aromatic carbocycles. The zero-order valence-corrected chi connectivity index (χ0v) is 12.9. The Labute approximate surface area is 121 Å². The van der Waals surface area contributed by atoms with Crippen LogP contribution in [0, 0.1) is 0 Å². The largest absolute Gasteiger partial charge is 0.384 e. The summed E-state index contributed by atoms with van der Waals surface area (Å²) in [4.78, 5) is 0.401. The highest BCUT2D eigenvalue weighted by molar-refractivity contribution is 7.91. The maximum absolute atomic E-state index is 11.9. The monoisotopic (exact) mass is 303 g/mol. The Morgan fingerprint density at radius 3 is 2.47 bits per heavy atom. The molecule has 0 aliphatic rings. The van der Waals surface area contributed by atoms with Crippen molar-refractivity contribution in [2.75, 3.05) is 23.5 Å². The molecule has 0 saturated heterocycles. The van der Waals surface area contributed by atoms with Crippen LogP contribution in [0.2, 0.25) is 0 Å². The molecule has 5 heteroatoms. The van der Waals surface area contributed by atoms with E-state index in [1.807, 2.05) is 12.1 Å². The van der Waals surface area contributed by atoms with Crippen molar-refractivity contribution in [3.63, 3.8) is 0 Å². The molecule has 0 unspecified atom stereocenters. The lowest BCUT2D eigenvalue weighted by Gasteiger charge is -2.11. The van der Waals surface area contributed by atoms with Gasteiger partial charge in [-0.25, -0.2) is 8.42 Å². The minimum Gasteiger partial charge on any atom is -0.384 e. The van der Waals surface area contributed by atoms with Gasteiger partial charge in [-0.2, -0.15) is 0 Å². The molecule has 0 amide bonds. The van der Waals surface area contributed by atoms with Gasteiger partial charge >= 0.3 is 0 Å². The van der Waals surface area contributed by atoms with Crippen molar-refractivity contribution in [2.45, 2.75) is 37.5 Å². The van der Waals surface area contributed by atoms with Gasteiger partial charge in [-0.3, -0.25) is 0 Å². The smallest absolute Gasteiger partial charge is 0.180 e. The second kappa shape index (κ2) is 8.43. The third kappa shape index (κ3) is 5.41. The van der Waals surface area contributed by atoms with Crippen LogP contribution in [0.1, 0.15) is 32.6 Å². The first-order valence-electron chi connectivity index (χ1n) is 6.73. The number of alkyl halides is 1. The van der Waals surface area contributed by atoms with Gasteiger partial charge in [-0.1, -0.05) is 31.9 Å². The molecule has 1 N–H and O–H groups in total. The Morgan fingerprint density at radius 1 is 1.11 bits per heavy atom. The maximum Gasteiger partial charge on any atom is 0.180 e. The molecular formula is C14H22ClNO2S. The highest BCUT2D eigenvalue weighted by Crippen LogP contribution is 2.22. The molecule has 0 radical (unpaired) electrons. The van der Waals surface area contributed by atoms with Gasteiger partial charge < -0.3 is 5.32 Å². The molecule has 0 heterocycles. The molecule has 0 aliphatic heterocycles. The standard InChI is InChI=1S/C14H22ClNO2S/c1-2-19(17,18)14-10-6-5-9-13(14)16-12-8-4-3-7-11-15/h5-6,9-10,16H,2-4,7-8,11-12H2,1H3. The molecule has 19 heavy (non-hydrogen) atoms. The van der Waals surface area contributed by atoms with Gasteiger partial charge in [0.2, 0.25) is 0 Å². The van der Waals surface area contributed by atoms with E-state index in [1.165, 1.54) is 0 Å². The number of hydrogen-bond acceptors (Lipinski definition) is 3. The third-order valence-corrected chi connectivity index (χ3v) is 5.03. The molecule has 0 fully saturated rings. The molecule has 0 aromatic heterocycles. The van der Waals surface area contributed by atoms with E-state index < -0.39 is 9.84 Å². The first-order valence-corrected chi connectivity index (χ1v) is 8.92. The molecule has 3 nitrogen and oxygen atoms in total. The van der Waals surface area contributed by atoms with Gasteiger partial charge in [0.1, 0.15) is 0 Å². The molecule has 0 bridgehead atoms. The van der Waals surface area contributed by atoms with Crippen LogP contribution in [-0.4, -0.2) is 26.6 Å². The van der Waals surface area contributed by atoms with Gasteiger partial charge in [0, 0.05) is 12.4 Å². The second-order valence-corrected chi connectivity index (χ2v) is 7.05. The number of sulfone groups is 1. The Hall–Kier alpha value is -0.740. The summed E-state index contributed by atoms with van der Waals surface area (Å²) in [7, 11) is -3.16. The van der Waals surface area contributed by atoms with E-state index in [0.717, 1.165) is 32.2 Å². The minimum atomic E-state index is -3.16. The van der Waals surface area contributed by atoms with E-state index in [1.54, 1.807) is 19.1 Å². The second-order valence-electron chi connectivity index (χ2n) is 4.43. The maximum atomic E-state index is 11.9. The quantitative estimate of drug-likeness (QED) is 0.559. The number of unbranched alkanes of at least 4 members (excludes halogenated alkanes) is 3. The normalized spacial score (nSPS) is 11.5. The lowest BCUT2D eigenvalue weighted by Crippen LogP contribution is -2.10. The topological polar surface area (TPSA) is 46.2 Å². The predicted molar refractivity (Wildman–Crippen MR) is 81.8 cm³/mol. The van der Waals surface area contributed by atoms with Crippen LogP contribution < -0.4 is 5.32 Å². The number of para-hydroxylation sites is 1. The van der Waals surface area contributed by atoms with E-state index in [0.29, 0.717) is 16.5 Å². The molecule has 1 rings (SSSR count). The van der Waals surface area contributed by atoms with Crippen LogP contribution in [0.25, 0.3) is 0 Å². The van der Waals surface area contributed by atoms with Crippen molar-refractivity contribution in [1.29, 1.82) is 0 Å². The average molecular weight is 304 g/mol. The number of nitrogens with one attached hydrogen (secondary N) is 1. The van der Waals surface area contributed by atoms with Crippen LogP contribution >= 0.6 is 11.6 Å². The molecule has 0 saturated carbocycles. The van der Waals surface area contributed by atoms with Gasteiger partial charge in [0.15, 0.2) is 9.84 Å². The van der Waals surface area contributed by atoms with E-state index >= 15 is 0 Å². The van der Waals surface area contributed by atoms with Gasteiger partial charge in [0.05, 0.1) is 16.3 Å². The fourth-order valence-electron chi connectivity index (χ4n) is 1.84. The summed E-state index contributed by atoms with van der Waals surface area (Å²) in [5, 5.41) is 3.22.